The van der Waals surface area contributed by atoms with Gasteiger partial charge in [0.1, 0.15) is 0 Å². The van der Waals surface area contributed by atoms with Gasteiger partial charge in [-0.15, -0.1) is 0 Å². The van der Waals surface area contributed by atoms with Crippen LogP contribution in [0.2, 0.25) is 0 Å². The third kappa shape index (κ3) is 5.72. The Bertz CT molecular complexity index is 2380. The van der Waals surface area contributed by atoms with Crippen LogP contribution in [0.3, 0.4) is 0 Å². The average molecular weight is 718 g/mol. The Balaban J connectivity index is 1.20. The second-order valence-electron chi connectivity index (χ2n) is 18.2. The Morgan fingerprint density at radius 1 is 0.418 bits per heavy atom. The highest BCUT2D eigenvalue weighted by Gasteiger charge is 2.41. The summed E-state index contributed by atoms with van der Waals surface area (Å²) in [6.45, 7) is 9.82. The number of rotatable bonds is 6. The second kappa shape index (κ2) is 13.4. The molecule has 2 fully saturated rings. The predicted molar refractivity (Wildman–Crippen MR) is 233 cm³/mol. The van der Waals surface area contributed by atoms with Crippen molar-refractivity contribution in [3.63, 3.8) is 0 Å². The van der Waals surface area contributed by atoms with Crippen molar-refractivity contribution < 1.29 is 0 Å². The first kappa shape index (κ1) is 34.6. The summed E-state index contributed by atoms with van der Waals surface area (Å²) in [5, 5.41) is 0. The topological polar surface area (TPSA) is 3.24 Å². The van der Waals surface area contributed by atoms with Crippen molar-refractivity contribution in [2.24, 2.45) is 0 Å². The molecule has 0 unspecified atom stereocenters. The molecule has 0 amide bonds. The van der Waals surface area contributed by atoms with Gasteiger partial charge in [-0.25, -0.2) is 0 Å². The number of nitrogens with zero attached hydrogens (tertiary/aromatic N) is 1. The lowest BCUT2D eigenvalue weighted by molar-refractivity contribution is 0.442. The maximum atomic E-state index is 2.65. The summed E-state index contributed by atoms with van der Waals surface area (Å²) in [6.07, 6.45) is 13.4. The predicted octanol–water partition coefficient (Wildman–Crippen LogP) is 15.5. The first-order valence-corrected chi connectivity index (χ1v) is 21.3. The molecule has 0 aromatic heterocycles. The third-order valence-corrected chi connectivity index (χ3v) is 14.3. The fourth-order valence-electron chi connectivity index (χ4n) is 11.1. The largest absolute Gasteiger partial charge is 0.310 e. The number of hydrogen-bond donors (Lipinski definition) is 0. The summed E-state index contributed by atoms with van der Waals surface area (Å²) in [7, 11) is 0. The standard InChI is InChI=1S/C54H55N/c1-53(2)47-23-15-14-22-44(47)45-31-29-43(35-49(45)53)55(42-27-24-39(25-28-42)36-16-8-5-9-17-36)51-34-41(38-20-12-7-13-21-38)33-50-52(51)46-30-26-40(32-48(46)54(50,3)4)37-18-10-6-11-19-37/h5,8-9,14-17,22-35,37-38H,6-7,10-13,18-21H2,1-4H3. The Morgan fingerprint density at radius 2 is 0.964 bits per heavy atom. The number of fused-ring (bicyclic) bond motifs is 6. The SMILES string of the molecule is CC1(C)c2ccccc2-c2ccc(N(c3ccc(-c4ccccc4)cc3)c3cc(C4CCCCC4)cc4c3-c3ccc(C5CCCCC5)cc3C4(C)C)cc21. The zero-order chi connectivity index (χ0) is 37.3. The molecule has 2 saturated carbocycles. The van der Waals surface area contributed by atoms with Crippen LogP contribution in [0, 0.1) is 0 Å². The lowest BCUT2D eigenvalue weighted by Crippen LogP contribution is -2.19. The molecular weight excluding hydrogens is 663 g/mol. The van der Waals surface area contributed by atoms with Gasteiger partial charge in [0.2, 0.25) is 0 Å². The lowest BCUT2D eigenvalue weighted by atomic mass is 9.77. The van der Waals surface area contributed by atoms with E-state index in [1.807, 2.05) is 0 Å². The fourth-order valence-corrected chi connectivity index (χ4v) is 11.1. The molecule has 0 atom stereocenters. The van der Waals surface area contributed by atoms with E-state index in [1.165, 1.54) is 142 Å². The molecule has 1 nitrogen and oxygen atoms in total. The van der Waals surface area contributed by atoms with Crippen LogP contribution in [0.25, 0.3) is 33.4 Å². The molecule has 0 N–H and O–H groups in total. The number of hydrogen-bond acceptors (Lipinski definition) is 1. The molecule has 4 aliphatic rings. The maximum Gasteiger partial charge on any atom is 0.0546 e. The first-order chi connectivity index (χ1) is 26.8. The molecule has 4 aliphatic carbocycles. The molecule has 0 bridgehead atoms. The van der Waals surface area contributed by atoms with Crippen molar-refractivity contribution in [3.05, 3.63) is 161 Å². The van der Waals surface area contributed by atoms with Crippen LogP contribution >= 0.6 is 0 Å². The van der Waals surface area contributed by atoms with Crippen LogP contribution in [0.5, 0.6) is 0 Å². The summed E-state index contributed by atoms with van der Waals surface area (Å²) in [5.41, 5.74) is 20.6. The van der Waals surface area contributed by atoms with Crippen molar-refractivity contribution >= 4 is 17.1 Å². The smallest absolute Gasteiger partial charge is 0.0546 e. The summed E-state index contributed by atoms with van der Waals surface area (Å²) in [4.78, 5) is 2.62. The molecule has 276 valence electrons. The van der Waals surface area contributed by atoms with Gasteiger partial charge in [-0.05, 0) is 129 Å². The zero-order valence-electron chi connectivity index (χ0n) is 33.3. The molecule has 10 rings (SSSR count). The van der Waals surface area contributed by atoms with E-state index in [0.29, 0.717) is 11.8 Å². The van der Waals surface area contributed by atoms with Crippen molar-refractivity contribution in [3.8, 4) is 33.4 Å². The summed E-state index contributed by atoms with van der Waals surface area (Å²) >= 11 is 0. The van der Waals surface area contributed by atoms with Gasteiger partial charge in [-0.2, -0.15) is 0 Å². The molecule has 0 aliphatic heterocycles. The molecule has 0 saturated heterocycles. The molecule has 0 radical (unpaired) electrons. The quantitative estimate of drug-likeness (QED) is 0.166. The van der Waals surface area contributed by atoms with Crippen LogP contribution in [-0.2, 0) is 10.8 Å². The van der Waals surface area contributed by atoms with E-state index in [2.05, 4.69) is 160 Å². The minimum Gasteiger partial charge on any atom is -0.310 e. The van der Waals surface area contributed by atoms with Crippen molar-refractivity contribution in [1.29, 1.82) is 0 Å². The van der Waals surface area contributed by atoms with Crippen molar-refractivity contribution in [1.82, 2.24) is 0 Å². The molecule has 6 aromatic carbocycles. The van der Waals surface area contributed by atoms with E-state index in [-0.39, 0.29) is 10.8 Å². The molecule has 6 aromatic rings. The van der Waals surface area contributed by atoms with Crippen molar-refractivity contribution in [2.45, 2.75) is 115 Å². The highest BCUT2D eigenvalue weighted by Crippen LogP contribution is 2.57. The van der Waals surface area contributed by atoms with Gasteiger partial charge in [0.15, 0.2) is 0 Å². The van der Waals surface area contributed by atoms with Gasteiger partial charge < -0.3 is 4.90 Å². The van der Waals surface area contributed by atoms with Crippen LogP contribution < -0.4 is 4.90 Å². The summed E-state index contributed by atoms with van der Waals surface area (Å²) in [6, 6.07) is 49.4. The second-order valence-corrected chi connectivity index (χ2v) is 18.2. The Hall–Kier alpha value is -4.88. The van der Waals surface area contributed by atoms with Gasteiger partial charge in [0.25, 0.3) is 0 Å². The number of anilines is 3. The van der Waals surface area contributed by atoms with Gasteiger partial charge in [-0.3, -0.25) is 0 Å². The van der Waals surface area contributed by atoms with Gasteiger partial charge in [0, 0.05) is 27.8 Å². The van der Waals surface area contributed by atoms with Crippen LogP contribution in [0.1, 0.15) is 137 Å². The van der Waals surface area contributed by atoms with Crippen LogP contribution in [0.4, 0.5) is 17.1 Å². The molecule has 0 heterocycles. The van der Waals surface area contributed by atoms with Crippen LogP contribution in [-0.4, -0.2) is 0 Å². The first-order valence-electron chi connectivity index (χ1n) is 21.3. The Morgan fingerprint density at radius 3 is 1.69 bits per heavy atom. The average Bonchev–Trinajstić information content (AvgIpc) is 3.61. The van der Waals surface area contributed by atoms with E-state index in [1.54, 1.807) is 5.56 Å². The van der Waals surface area contributed by atoms with Crippen molar-refractivity contribution in [2.75, 3.05) is 4.90 Å². The van der Waals surface area contributed by atoms with E-state index >= 15 is 0 Å². The normalized spacial score (nSPS) is 18.3. The Labute approximate surface area is 329 Å². The molecular formula is C54H55N. The zero-order valence-corrected chi connectivity index (χ0v) is 33.3. The summed E-state index contributed by atoms with van der Waals surface area (Å²) < 4.78 is 0. The molecule has 1 heteroatoms. The third-order valence-electron chi connectivity index (χ3n) is 14.3. The monoisotopic (exact) mass is 717 g/mol. The number of benzene rings is 6. The minimum absolute atomic E-state index is 0.0826. The fraction of sp³-hybridized carbons (Fsp3) is 0.333. The van der Waals surface area contributed by atoms with E-state index in [9.17, 15) is 0 Å². The summed E-state index contributed by atoms with van der Waals surface area (Å²) in [5.74, 6) is 1.29. The highest BCUT2D eigenvalue weighted by atomic mass is 15.1. The minimum atomic E-state index is -0.0841. The van der Waals surface area contributed by atoms with Gasteiger partial charge in [-0.1, -0.05) is 163 Å². The lowest BCUT2D eigenvalue weighted by Gasteiger charge is -2.32. The molecule has 0 spiro atoms. The molecule has 55 heavy (non-hydrogen) atoms. The van der Waals surface area contributed by atoms with Crippen LogP contribution in [0.15, 0.2) is 127 Å². The van der Waals surface area contributed by atoms with Gasteiger partial charge in [0.05, 0.1) is 5.69 Å². The highest BCUT2D eigenvalue weighted by molar-refractivity contribution is 5.96. The van der Waals surface area contributed by atoms with E-state index < -0.39 is 0 Å². The van der Waals surface area contributed by atoms with E-state index in [4.69, 9.17) is 0 Å². The van der Waals surface area contributed by atoms with Gasteiger partial charge >= 0.3 is 0 Å². The van der Waals surface area contributed by atoms with E-state index in [0.717, 1.165) is 0 Å². The maximum absolute atomic E-state index is 2.65. The Kier molecular flexibility index (Phi) is 8.43.